The molecule has 2 aromatic rings. The normalized spacial score (nSPS) is 13.6. The van der Waals surface area contributed by atoms with Crippen LogP contribution in [-0.4, -0.2) is 33.1 Å². The monoisotopic (exact) mass is 333 g/mol. The van der Waals surface area contributed by atoms with Gasteiger partial charge in [-0.2, -0.15) is 5.10 Å². The van der Waals surface area contributed by atoms with Crippen molar-refractivity contribution in [3.63, 3.8) is 0 Å². The highest BCUT2D eigenvalue weighted by Crippen LogP contribution is 2.14. The predicted molar refractivity (Wildman–Crippen MR) is 92.0 cm³/mol. The van der Waals surface area contributed by atoms with Crippen molar-refractivity contribution in [3.8, 4) is 0 Å². The van der Waals surface area contributed by atoms with Crippen molar-refractivity contribution in [1.82, 2.24) is 25.6 Å². The Balaban J connectivity index is 1.82. The lowest BCUT2D eigenvalue weighted by Crippen LogP contribution is -2.46. The summed E-state index contributed by atoms with van der Waals surface area (Å²) in [6, 6.07) is 1.82. The van der Waals surface area contributed by atoms with E-state index in [4.69, 9.17) is 4.52 Å². The van der Waals surface area contributed by atoms with Gasteiger partial charge in [-0.3, -0.25) is 4.68 Å². The number of amides is 2. The highest BCUT2D eigenvalue weighted by molar-refractivity contribution is 5.74. The minimum atomic E-state index is -0.178. The molecule has 2 amide bonds. The molecule has 7 heteroatoms. The molecule has 132 valence electrons. The summed E-state index contributed by atoms with van der Waals surface area (Å²) in [6.07, 6.45) is 0.695. The zero-order chi connectivity index (χ0) is 17.9. The second-order valence-corrected chi connectivity index (χ2v) is 6.54. The van der Waals surface area contributed by atoms with Crippen molar-refractivity contribution in [2.75, 3.05) is 0 Å². The first kappa shape index (κ1) is 18.0. The molecule has 0 aromatic carbocycles. The Labute approximate surface area is 142 Å². The van der Waals surface area contributed by atoms with Crippen LogP contribution in [0.2, 0.25) is 0 Å². The average Bonchev–Trinajstić information content (AvgIpc) is 2.94. The minimum absolute atomic E-state index is 0.0114. The van der Waals surface area contributed by atoms with E-state index in [1.807, 2.05) is 52.3 Å². The lowest BCUT2D eigenvalue weighted by atomic mass is 10.1. The van der Waals surface area contributed by atoms with Crippen molar-refractivity contribution in [2.24, 2.45) is 0 Å². The van der Waals surface area contributed by atoms with Gasteiger partial charge in [-0.1, -0.05) is 5.16 Å². The van der Waals surface area contributed by atoms with Crippen molar-refractivity contribution in [3.05, 3.63) is 34.5 Å². The Hall–Kier alpha value is -2.31. The summed E-state index contributed by atoms with van der Waals surface area (Å²) in [4.78, 5) is 12.2. The summed E-state index contributed by atoms with van der Waals surface area (Å²) < 4.78 is 7.07. The van der Waals surface area contributed by atoms with Gasteiger partial charge in [0, 0.05) is 23.3 Å². The van der Waals surface area contributed by atoms with Gasteiger partial charge in [-0.05, 0) is 54.0 Å². The van der Waals surface area contributed by atoms with Crippen molar-refractivity contribution < 1.29 is 9.32 Å². The van der Waals surface area contributed by atoms with E-state index in [2.05, 4.69) is 20.9 Å². The molecule has 2 atom stereocenters. The standard InChI is InChI=1S/C17H27N5O2/c1-10(8-16-14(5)21-24-15(16)6)18-17(23)19-12(3)9-22-13(4)7-11(2)20-22/h7,10,12H,8-9H2,1-6H3,(H2,18,19,23)/t10-,12+/m1/s1. The van der Waals surface area contributed by atoms with Gasteiger partial charge >= 0.3 is 6.03 Å². The Kier molecular flexibility index (Phi) is 5.64. The quantitative estimate of drug-likeness (QED) is 0.850. The van der Waals surface area contributed by atoms with E-state index in [1.165, 1.54) is 0 Å². The molecule has 2 heterocycles. The molecule has 2 rings (SSSR count). The number of rotatable bonds is 6. The van der Waals surface area contributed by atoms with E-state index in [1.54, 1.807) is 0 Å². The summed E-state index contributed by atoms with van der Waals surface area (Å²) in [7, 11) is 0. The summed E-state index contributed by atoms with van der Waals surface area (Å²) >= 11 is 0. The number of hydrogen-bond acceptors (Lipinski definition) is 4. The first-order valence-corrected chi connectivity index (χ1v) is 8.26. The summed E-state index contributed by atoms with van der Waals surface area (Å²) in [5.41, 5.74) is 4.00. The molecule has 0 saturated carbocycles. The largest absolute Gasteiger partial charge is 0.361 e. The molecule has 0 aliphatic heterocycles. The Bertz CT molecular complexity index is 684. The fourth-order valence-corrected chi connectivity index (χ4v) is 2.80. The lowest BCUT2D eigenvalue weighted by molar-refractivity contribution is 0.233. The number of nitrogens with zero attached hydrogens (tertiary/aromatic N) is 3. The third kappa shape index (κ3) is 4.59. The van der Waals surface area contributed by atoms with Crippen LogP contribution in [-0.2, 0) is 13.0 Å². The van der Waals surface area contributed by atoms with E-state index in [9.17, 15) is 4.79 Å². The number of aromatic nitrogens is 3. The second kappa shape index (κ2) is 7.51. The first-order chi connectivity index (χ1) is 11.3. The summed E-state index contributed by atoms with van der Waals surface area (Å²) in [5, 5.41) is 14.3. The lowest BCUT2D eigenvalue weighted by Gasteiger charge is -2.18. The van der Waals surface area contributed by atoms with Crippen LogP contribution in [0.3, 0.4) is 0 Å². The molecule has 2 aromatic heterocycles. The number of carbonyl (C=O) groups excluding carboxylic acids is 1. The van der Waals surface area contributed by atoms with Crippen molar-refractivity contribution in [1.29, 1.82) is 0 Å². The van der Waals surface area contributed by atoms with Gasteiger partial charge < -0.3 is 15.2 Å². The molecule has 0 unspecified atom stereocenters. The van der Waals surface area contributed by atoms with Gasteiger partial charge in [0.25, 0.3) is 0 Å². The molecular weight excluding hydrogens is 306 g/mol. The highest BCUT2D eigenvalue weighted by Gasteiger charge is 2.16. The maximum atomic E-state index is 12.2. The van der Waals surface area contributed by atoms with Gasteiger partial charge in [-0.15, -0.1) is 0 Å². The maximum Gasteiger partial charge on any atom is 0.315 e. The number of carbonyl (C=O) groups is 1. The molecule has 0 aliphatic rings. The molecule has 0 aliphatic carbocycles. The molecule has 0 radical (unpaired) electrons. The molecule has 24 heavy (non-hydrogen) atoms. The average molecular weight is 333 g/mol. The molecule has 0 spiro atoms. The van der Waals surface area contributed by atoms with Gasteiger partial charge in [0.05, 0.1) is 17.9 Å². The number of urea groups is 1. The fraction of sp³-hybridized carbons (Fsp3) is 0.588. The van der Waals surface area contributed by atoms with Gasteiger partial charge in [-0.25, -0.2) is 4.79 Å². The van der Waals surface area contributed by atoms with Crippen LogP contribution in [0, 0.1) is 27.7 Å². The Morgan fingerprint density at radius 1 is 1.21 bits per heavy atom. The zero-order valence-corrected chi connectivity index (χ0v) is 15.3. The van der Waals surface area contributed by atoms with Crippen LogP contribution in [0.4, 0.5) is 4.79 Å². The predicted octanol–water partition coefficient (Wildman–Crippen LogP) is 2.42. The topological polar surface area (TPSA) is 85.0 Å². The molecule has 0 saturated heterocycles. The third-order valence-electron chi connectivity index (χ3n) is 4.00. The summed E-state index contributed by atoms with van der Waals surface area (Å²) in [5.74, 6) is 0.805. The van der Waals surface area contributed by atoms with Crippen LogP contribution in [0.1, 0.15) is 42.3 Å². The van der Waals surface area contributed by atoms with E-state index < -0.39 is 0 Å². The van der Waals surface area contributed by atoms with Gasteiger partial charge in [0.1, 0.15) is 5.76 Å². The van der Waals surface area contributed by atoms with E-state index in [-0.39, 0.29) is 18.1 Å². The smallest absolute Gasteiger partial charge is 0.315 e. The number of nitrogens with one attached hydrogen (secondary N) is 2. The maximum absolute atomic E-state index is 12.2. The van der Waals surface area contributed by atoms with Crippen molar-refractivity contribution in [2.45, 2.75) is 66.6 Å². The zero-order valence-electron chi connectivity index (χ0n) is 15.3. The molecule has 0 bridgehead atoms. The summed E-state index contributed by atoms with van der Waals surface area (Å²) in [6.45, 7) is 12.4. The SMILES string of the molecule is Cc1cc(C)n(C[C@H](C)NC(=O)N[C@H](C)Cc2c(C)noc2C)n1. The van der Waals surface area contributed by atoms with Crippen LogP contribution < -0.4 is 10.6 Å². The Morgan fingerprint density at radius 2 is 1.88 bits per heavy atom. The van der Waals surface area contributed by atoms with Crippen LogP contribution in [0.5, 0.6) is 0 Å². The molecule has 2 N–H and O–H groups in total. The molecule has 7 nitrogen and oxygen atoms in total. The Morgan fingerprint density at radius 3 is 2.42 bits per heavy atom. The molecule has 0 fully saturated rings. The van der Waals surface area contributed by atoms with E-state index >= 15 is 0 Å². The van der Waals surface area contributed by atoms with Gasteiger partial charge in [0.15, 0.2) is 0 Å². The van der Waals surface area contributed by atoms with E-state index in [0.717, 1.165) is 28.4 Å². The van der Waals surface area contributed by atoms with Gasteiger partial charge in [0.2, 0.25) is 0 Å². The molecular formula is C17H27N5O2. The van der Waals surface area contributed by atoms with Crippen LogP contribution in [0.15, 0.2) is 10.6 Å². The van der Waals surface area contributed by atoms with Crippen molar-refractivity contribution >= 4 is 6.03 Å². The first-order valence-electron chi connectivity index (χ1n) is 8.26. The second-order valence-electron chi connectivity index (χ2n) is 6.54. The van der Waals surface area contributed by atoms with E-state index in [0.29, 0.717) is 13.0 Å². The van der Waals surface area contributed by atoms with Crippen LogP contribution in [0.25, 0.3) is 0 Å². The number of aryl methyl sites for hydroxylation is 4. The highest BCUT2D eigenvalue weighted by atomic mass is 16.5. The minimum Gasteiger partial charge on any atom is -0.361 e. The third-order valence-corrected chi connectivity index (χ3v) is 4.00. The number of hydrogen-bond donors (Lipinski definition) is 2. The van der Waals surface area contributed by atoms with Crippen LogP contribution >= 0.6 is 0 Å². The fourth-order valence-electron chi connectivity index (χ4n) is 2.80.